The van der Waals surface area contributed by atoms with E-state index in [1.165, 1.54) is 5.56 Å². The van der Waals surface area contributed by atoms with Crippen LogP contribution in [0.5, 0.6) is 0 Å². The zero-order valence-electron chi connectivity index (χ0n) is 13.0. The number of aryl methyl sites for hydroxylation is 1. The fourth-order valence-corrected chi connectivity index (χ4v) is 2.00. The third-order valence-electron chi connectivity index (χ3n) is 3.23. The van der Waals surface area contributed by atoms with Gasteiger partial charge in [-0.05, 0) is 30.7 Å². The van der Waals surface area contributed by atoms with Crippen molar-refractivity contribution in [1.82, 2.24) is 15.2 Å². The highest BCUT2D eigenvalue weighted by Crippen LogP contribution is 2.19. The van der Waals surface area contributed by atoms with Crippen LogP contribution in [0.25, 0.3) is 0 Å². The molecule has 0 bridgehead atoms. The van der Waals surface area contributed by atoms with Crippen molar-refractivity contribution >= 4 is 29.9 Å². The molecule has 22 heavy (non-hydrogen) atoms. The molecule has 6 nitrogen and oxygen atoms in total. The molecule has 7 heteroatoms. The number of halogens is 1. The molecule has 3 N–H and O–H groups in total. The Bertz CT molecular complexity index is 590. The summed E-state index contributed by atoms with van der Waals surface area (Å²) in [5, 5.41) is 16.7. The van der Waals surface area contributed by atoms with Gasteiger partial charge in [-0.15, -0.1) is 24.0 Å². The lowest BCUT2D eigenvalue weighted by atomic mass is 10.0. The lowest BCUT2D eigenvalue weighted by molar-refractivity contribution is 0.0386. The molecule has 0 saturated carbocycles. The minimum atomic E-state index is -1.09. The Morgan fingerprint density at radius 2 is 2.18 bits per heavy atom. The molecule has 0 fully saturated rings. The third-order valence-corrected chi connectivity index (χ3v) is 3.23. The van der Waals surface area contributed by atoms with Gasteiger partial charge in [0.2, 0.25) is 0 Å². The first kappa shape index (κ1) is 18.6. The average molecular weight is 418 g/mol. The first-order valence-corrected chi connectivity index (χ1v) is 6.83. The number of furan rings is 1. The standard InChI is InChI=1S/C15H22N4O2.HI/c1-15(20,13-5-4-8-21-13)11-18-14(16-2)17-9-12-6-7-19(3)10-12;/h4-8,10,20H,9,11H2,1-3H3,(H2,16,17,18);1H. The predicted molar refractivity (Wildman–Crippen MR) is 97.3 cm³/mol. The summed E-state index contributed by atoms with van der Waals surface area (Å²) in [7, 11) is 3.68. The van der Waals surface area contributed by atoms with E-state index in [4.69, 9.17) is 4.42 Å². The SMILES string of the molecule is CN=C(NCc1ccn(C)c1)NCC(C)(O)c1ccco1.I. The Morgan fingerprint density at radius 1 is 1.41 bits per heavy atom. The molecule has 0 spiro atoms. The quantitative estimate of drug-likeness (QED) is 0.394. The molecule has 0 saturated heterocycles. The highest BCUT2D eigenvalue weighted by molar-refractivity contribution is 14.0. The molecule has 1 atom stereocenters. The number of nitrogens with one attached hydrogen (secondary N) is 2. The van der Waals surface area contributed by atoms with Crippen LogP contribution >= 0.6 is 24.0 Å². The maximum Gasteiger partial charge on any atom is 0.191 e. The summed E-state index contributed by atoms with van der Waals surface area (Å²) in [6.45, 7) is 2.67. The molecule has 2 heterocycles. The maximum atomic E-state index is 10.4. The Labute approximate surface area is 147 Å². The van der Waals surface area contributed by atoms with Crippen molar-refractivity contribution in [2.24, 2.45) is 12.0 Å². The van der Waals surface area contributed by atoms with Crippen molar-refractivity contribution in [1.29, 1.82) is 0 Å². The zero-order chi connectivity index (χ0) is 15.3. The molecule has 0 aliphatic carbocycles. The van der Waals surface area contributed by atoms with E-state index in [1.54, 1.807) is 32.4 Å². The van der Waals surface area contributed by atoms with Gasteiger partial charge in [0.05, 0.1) is 12.8 Å². The van der Waals surface area contributed by atoms with Crippen LogP contribution in [0.3, 0.4) is 0 Å². The molecule has 1 unspecified atom stereocenters. The van der Waals surface area contributed by atoms with Crippen LogP contribution in [-0.4, -0.2) is 29.2 Å². The average Bonchev–Trinajstić information content (AvgIpc) is 3.10. The van der Waals surface area contributed by atoms with E-state index in [9.17, 15) is 5.11 Å². The van der Waals surface area contributed by atoms with Gasteiger partial charge in [-0.2, -0.15) is 0 Å². The van der Waals surface area contributed by atoms with Crippen LogP contribution in [0.2, 0.25) is 0 Å². The molecular formula is C15H23IN4O2. The maximum absolute atomic E-state index is 10.4. The van der Waals surface area contributed by atoms with Crippen molar-refractivity contribution in [3.8, 4) is 0 Å². The highest BCUT2D eigenvalue weighted by atomic mass is 127. The number of hydrogen-bond acceptors (Lipinski definition) is 3. The van der Waals surface area contributed by atoms with Gasteiger partial charge in [0.15, 0.2) is 5.96 Å². The van der Waals surface area contributed by atoms with Crippen molar-refractivity contribution in [2.45, 2.75) is 19.1 Å². The van der Waals surface area contributed by atoms with E-state index >= 15 is 0 Å². The van der Waals surface area contributed by atoms with E-state index in [0.717, 1.165) is 0 Å². The van der Waals surface area contributed by atoms with Gasteiger partial charge in [-0.1, -0.05) is 0 Å². The smallest absolute Gasteiger partial charge is 0.191 e. The van der Waals surface area contributed by atoms with Crippen LogP contribution < -0.4 is 10.6 Å². The fourth-order valence-electron chi connectivity index (χ4n) is 2.00. The summed E-state index contributed by atoms with van der Waals surface area (Å²) in [6, 6.07) is 5.55. The van der Waals surface area contributed by atoms with Crippen LogP contribution in [0.1, 0.15) is 18.2 Å². The first-order valence-electron chi connectivity index (χ1n) is 6.83. The third kappa shape index (κ3) is 5.06. The van der Waals surface area contributed by atoms with Crippen molar-refractivity contribution in [3.05, 3.63) is 48.2 Å². The summed E-state index contributed by atoms with van der Waals surface area (Å²) in [5.74, 6) is 1.15. The lowest BCUT2D eigenvalue weighted by Gasteiger charge is -2.22. The van der Waals surface area contributed by atoms with E-state index < -0.39 is 5.60 Å². The van der Waals surface area contributed by atoms with Crippen molar-refractivity contribution in [2.75, 3.05) is 13.6 Å². The van der Waals surface area contributed by atoms with Gasteiger partial charge in [-0.25, -0.2) is 0 Å². The second kappa shape index (κ2) is 8.23. The second-order valence-corrected chi connectivity index (χ2v) is 5.22. The van der Waals surface area contributed by atoms with Crippen LogP contribution in [-0.2, 0) is 19.2 Å². The van der Waals surface area contributed by atoms with Crippen LogP contribution in [0.4, 0.5) is 0 Å². The molecular weight excluding hydrogens is 395 g/mol. The Morgan fingerprint density at radius 3 is 2.73 bits per heavy atom. The van der Waals surface area contributed by atoms with Crippen molar-refractivity contribution < 1.29 is 9.52 Å². The van der Waals surface area contributed by atoms with E-state index in [2.05, 4.69) is 15.6 Å². The molecule has 2 rings (SSSR count). The first-order chi connectivity index (χ1) is 10.0. The molecule has 0 aromatic carbocycles. The van der Waals surface area contributed by atoms with Crippen molar-refractivity contribution in [3.63, 3.8) is 0 Å². The summed E-state index contributed by atoms with van der Waals surface area (Å²) < 4.78 is 7.24. The Balaban J connectivity index is 0.00000242. The normalized spacial score (nSPS) is 14.1. The predicted octanol–water partition coefficient (Wildman–Crippen LogP) is 1.81. The van der Waals surface area contributed by atoms with Crippen LogP contribution in [0, 0.1) is 0 Å². The van der Waals surface area contributed by atoms with Gasteiger partial charge in [0.25, 0.3) is 0 Å². The number of nitrogens with zero attached hydrogens (tertiary/aromatic N) is 2. The lowest BCUT2D eigenvalue weighted by Crippen LogP contribution is -2.44. The largest absolute Gasteiger partial charge is 0.466 e. The summed E-state index contributed by atoms with van der Waals surface area (Å²) in [4.78, 5) is 4.14. The number of guanidine groups is 1. The minimum Gasteiger partial charge on any atom is -0.466 e. The summed E-state index contributed by atoms with van der Waals surface area (Å²) in [6.07, 6.45) is 5.58. The van der Waals surface area contributed by atoms with Crippen LogP contribution in [0.15, 0.2) is 46.3 Å². The second-order valence-electron chi connectivity index (χ2n) is 5.22. The van der Waals surface area contributed by atoms with Gasteiger partial charge in [0.1, 0.15) is 11.4 Å². The molecule has 122 valence electrons. The number of aliphatic hydroxyl groups is 1. The van der Waals surface area contributed by atoms with E-state index in [1.807, 2.05) is 30.1 Å². The zero-order valence-corrected chi connectivity index (χ0v) is 15.4. The summed E-state index contributed by atoms with van der Waals surface area (Å²) >= 11 is 0. The topological polar surface area (TPSA) is 74.7 Å². The molecule has 2 aromatic rings. The van der Waals surface area contributed by atoms with Gasteiger partial charge >= 0.3 is 0 Å². The monoisotopic (exact) mass is 418 g/mol. The van der Waals surface area contributed by atoms with Gasteiger partial charge < -0.3 is 24.7 Å². The molecule has 0 radical (unpaired) electrons. The summed E-state index contributed by atoms with van der Waals surface area (Å²) in [5.41, 5.74) is 0.0756. The number of aromatic nitrogens is 1. The van der Waals surface area contributed by atoms with E-state index in [-0.39, 0.29) is 24.0 Å². The number of aliphatic imine (C=N–C) groups is 1. The number of hydrogen-bond donors (Lipinski definition) is 3. The Kier molecular flexibility index (Phi) is 6.95. The minimum absolute atomic E-state index is 0. The molecule has 2 aromatic heterocycles. The molecule has 0 amide bonds. The van der Waals surface area contributed by atoms with Gasteiger partial charge in [-0.3, -0.25) is 4.99 Å². The fraction of sp³-hybridized carbons (Fsp3) is 0.400. The Hall–Kier alpha value is -1.48. The molecule has 0 aliphatic heterocycles. The highest BCUT2D eigenvalue weighted by Gasteiger charge is 2.26. The molecule has 0 aliphatic rings. The van der Waals surface area contributed by atoms with E-state index in [0.29, 0.717) is 24.8 Å². The number of rotatable bonds is 5. The van der Waals surface area contributed by atoms with Gasteiger partial charge in [0, 0.05) is 33.0 Å².